The van der Waals surface area contributed by atoms with Gasteiger partial charge < -0.3 is 10.2 Å². The number of nitrogens with one attached hydrogen (secondary N) is 1. The van der Waals surface area contributed by atoms with E-state index in [-0.39, 0.29) is 24.3 Å². The van der Waals surface area contributed by atoms with Crippen LogP contribution in [0.5, 0.6) is 0 Å². The van der Waals surface area contributed by atoms with Crippen LogP contribution in [0.25, 0.3) is 0 Å². The molecule has 0 aliphatic rings. The molecule has 1 heterocycles. The number of nitrogens with zero attached hydrogens (tertiary/aromatic N) is 2. The Balaban J connectivity index is 2.91. The quantitative estimate of drug-likeness (QED) is 0.510. The first kappa shape index (κ1) is 21.4. The maximum atomic E-state index is 12.6. The highest BCUT2D eigenvalue weighted by atomic mass is 16.2. The zero-order chi connectivity index (χ0) is 19.5. The van der Waals surface area contributed by atoms with Gasteiger partial charge in [0.1, 0.15) is 6.54 Å². The van der Waals surface area contributed by atoms with E-state index in [0.29, 0.717) is 11.3 Å². The summed E-state index contributed by atoms with van der Waals surface area (Å²) in [4.78, 5) is 30.0. The Hall–Kier alpha value is -2.65. The topological polar surface area (TPSA) is 62.3 Å². The van der Waals surface area contributed by atoms with Crippen molar-refractivity contribution in [1.82, 2.24) is 15.2 Å². The minimum Gasteiger partial charge on any atom is -0.348 e. The van der Waals surface area contributed by atoms with Crippen molar-refractivity contribution in [2.75, 3.05) is 6.54 Å². The Morgan fingerprint density at radius 1 is 1.38 bits per heavy atom. The second kappa shape index (κ2) is 11.1. The summed E-state index contributed by atoms with van der Waals surface area (Å²) in [6, 6.07) is 3.76. The lowest BCUT2D eigenvalue weighted by atomic mass is 10.0. The number of amides is 1. The van der Waals surface area contributed by atoms with Crippen LogP contribution in [0, 0.1) is 0 Å². The molecule has 1 aromatic rings. The molecule has 0 aliphatic heterocycles. The fourth-order valence-electron chi connectivity index (χ4n) is 2.39. The van der Waals surface area contributed by atoms with E-state index < -0.39 is 0 Å². The summed E-state index contributed by atoms with van der Waals surface area (Å²) in [5.74, 6) is -0.166. The summed E-state index contributed by atoms with van der Waals surface area (Å²) >= 11 is 0. The molecule has 1 unspecified atom stereocenters. The van der Waals surface area contributed by atoms with Crippen LogP contribution in [-0.4, -0.2) is 28.1 Å². The van der Waals surface area contributed by atoms with Gasteiger partial charge in [0, 0.05) is 24.2 Å². The third-order valence-electron chi connectivity index (χ3n) is 4.17. The van der Waals surface area contributed by atoms with Gasteiger partial charge in [0.15, 0.2) is 5.78 Å². The van der Waals surface area contributed by atoms with Crippen LogP contribution in [0.15, 0.2) is 54.3 Å². The van der Waals surface area contributed by atoms with Gasteiger partial charge in [-0.1, -0.05) is 32.4 Å². The smallest absolute Gasteiger partial charge is 0.240 e. The van der Waals surface area contributed by atoms with E-state index in [9.17, 15) is 9.59 Å². The van der Waals surface area contributed by atoms with E-state index in [1.807, 2.05) is 12.1 Å². The molecule has 0 fully saturated rings. The number of unbranched alkanes of at least 4 members (excludes halogenated alkanes) is 1. The molecule has 0 saturated heterocycles. The number of carbonyl (C=O) groups excluding carboxylic acids is 2. The molecular formula is C21H29N3O2. The van der Waals surface area contributed by atoms with Crippen molar-refractivity contribution in [3.8, 4) is 0 Å². The SMILES string of the molecule is C=C=C(C)N(/C=C(/C)C(C)=O)CC(=O)NC(CCCC)c1cccnc1. The summed E-state index contributed by atoms with van der Waals surface area (Å²) < 4.78 is 0. The third kappa shape index (κ3) is 7.08. The van der Waals surface area contributed by atoms with Crippen LogP contribution < -0.4 is 5.32 Å². The molecule has 0 radical (unpaired) electrons. The van der Waals surface area contributed by atoms with Crippen LogP contribution in [0.1, 0.15) is 58.6 Å². The Labute approximate surface area is 156 Å². The lowest BCUT2D eigenvalue weighted by Crippen LogP contribution is -2.36. The molecule has 5 nitrogen and oxygen atoms in total. The van der Waals surface area contributed by atoms with Gasteiger partial charge in [-0.15, -0.1) is 5.73 Å². The van der Waals surface area contributed by atoms with Crippen LogP contribution in [-0.2, 0) is 9.59 Å². The minimum absolute atomic E-state index is 0.0385. The molecule has 1 N–H and O–H groups in total. The maximum absolute atomic E-state index is 12.6. The maximum Gasteiger partial charge on any atom is 0.240 e. The number of Topliss-reactive ketones (excluding diaryl/α,β-unsaturated/α-hetero) is 1. The first-order valence-corrected chi connectivity index (χ1v) is 8.91. The number of ketones is 1. The van der Waals surface area contributed by atoms with Crippen molar-refractivity contribution in [2.24, 2.45) is 0 Å². The zero-order valence-corrected chi connectivity index (χ0v) is 16.2. The molecule has 5 heteroatoms. The van der Waals surface area contributed by atoms with Gasteiger partial charge in [0.2, 0.25) is 5.91 Å². The van der Waals surface area contributed by atoms with Crippen molar-refractivity contribution in [2.45, 2.75) is 53.0 Å². The lowest BCUT2D eigenvalue weighted by Gasteiger charge is -2.23. The van der Waals surface area contributed by atoms with Gasteiger partial charge in [-0.05, 0) is 38.8 Å². The van der Waals surface area contributed by atoms with Crippen molar-refractivity contribution in [3.63, 3.8) is 0 Å². The Bertz CT molecular complexity index is 688. The molecule has 26 heavy (non-hydrogen) atoms. The van der Waals surface area contributed by atoms with Crippen molar-refractivity contribution in [3.05, 3.63) is 59.9 Å². The number of hydrogen-bond donors (Lipinski definition) is 1. The van der Waals surface area contributed by atoms with E-state index in [1.54, 1.807) is 37.3 Å². The summed E-state index contributed by atoms with van der Waals surface area (Å²) in [5, 5.41) is 3.08. The van der Waals surface area contributed by atoms with Gasteiger partial charge in [0.25, 0.3) is 0 Å². The largest absolute Gasteiger partial charge is 0.348 e. The first-order chi connectivity index (χ1) is 12.4. The lowest BCUT2D eigenvalue weighted by molar-refractivity contribution is -0.122. The zero-order valence-electron chi connectivity index (χ0n) is 16.2. The predicted octanol–water partition coefficient (Wildman–Crippen LogP) is 3.91. The van der Waals surface area contributed by atoms with Crippen LogP contribution >= 0.6 is 0 Å². The highest BCUT2D eigenvalue weighted by Gasteiger charge is 2.17. The minimum atomic E-state index is -0.128. The number of pyridine rings is 1. The average molecular weight is 355 g/mol. The number of aromatic nitrogens is 1. The molecular weight excluding hydrogens is 326 g/mol. The molecule has 0 saturated carbocycles. The highest BCUT2D eigenvalue weighted by Crippen LogP contribution is 2.18. The van der Waals surface area contributed by atoms with E-state index in [2.05, 4.69) is 29.5 Å². The van der Waals surface area contributed by atoms with E-state index in [1.165, 1.54) is 6.92 Å². The second-order valence-corrected chi connectivity index (χ2v) is 6.31. The standard InChI is InChI=1S/C21H29N3O2/c1-6-8-11-20(19-10-9-12-22-13-19)23-21(26)15-24(17(4)7-2)14-16(3)18(5)25/h9-10,12-14,20H,2,6,8,11,15H2,1,3-5H3,(H,23,26)/b16-14-. The summed E-state index contributed by atoms with van der Waals surface area (Å²) in [5.41, 5.74) is 5.03. The fourth-order valence-corrected chi connectivity index (χ4v) is 2.39. The first-order valence-electron chi connectivity index (χ1n) is 8.91. The van der Waals surface area contributed by atoms with Crippen molar-refractivity contribution >= 4 is 11.7 Å². The summed E-state index contributed by atoms with van der Waals surface area (Å²) in [7, 11) is 0. The number of allylic oxidation sites excluding steroid dienone is 2. The normalized spacial score (nSPS) is 12.1. The molecule has 1 amide bonds. The second-order valence-electron chi connectivity index (χ2n) is 6.31. The van der Waals surface area contributed by atoms with Crippen molar-refractivity contribution < 1.29 is 9.59 Å². The van der Waals surface area contributed by atoms with Gasteiger partial charge in [-0.3, -0.25) is 14.6 Å². The fraction of sp³-hybridized carbons (Fsp3) is 0.429. The Morgan fingerprint density at radius 2 is 2.12 bits per heavy atom. The van der Waals surface area contributed by atoms with Gasteiger partial charge in [-0.25, -0.2) is 0 Å². The van der Waals surface area contributed by atoms with Crippen molar-refractivity contribution in [1.29, 1.82) is 0 Å². The molecule has 140 valence electrons. The van der Waals surface area contributed by atoms with E-state index >= 15 is 0 Å². The number of hydrogen-bond acceptors (Lipinski definition) is 4. The number of carbonyl (C=O) groups is 2. The molecule has 1 rings (SSSR count). The van der Waals surface area contributed by atoms with Crippen LogP contribution in [0.2, 0.25) is 0 Å². The average Bonchev–Trinajstić information content (AvgIpc) is 2.64. The third-order valence-corrected chi connectivity index (χ3v) is 4.17. The van der Waals surface area contributed by atoms with E-state index in [0.717, 1.165) is 24.8 Å². The van der Waals surface area contributed by atoms with Crippen LogP contribution in [0.4, 0.5) is 0 Å². The Morgan fingerprint density at radius 3 is 2.65 bits per heavy atom. The molecule has 1 atom stereocenters. The van der Waals surface area contributed by atoms with Gasteiger partial charge >= 0.3 is 0 Å². The highest BCUT2D eigenvalue weighted by molar-refractivity contribution is 5.92. The van der Waals surface area contributed by atoms with Gasteiger partial charge in [0.05, 0.1) is 11.7 Å². The monoisotopic (exact) mass is 355 g/mol. The molecule has 0 spiro atoms. The Kier molecular flexibility index (Phi) is 9.10. The van der Waals surface area contributed by atoms with E-state index in [4.69, 9.17) is 0 Å². The molecule has 0 bridgehead atoms. The van der Waals surface area contributed by atoms with Crippen LogP contribution in [0.3, 0.4) is 0 Å². The predicted molar refractivity (Wildman–Crippen MR) is 104 cm³/mol. The molecule has 1 aromatic heterocycles. The summed E-state index contributed by atoms with van der Waals surface area (Å²) in [6.07, 6.45) is 8.09. The molecule has 0 aliphatic carbocycles. The summed E-state index contributed by atoms with van der Waals surface area (Å²) in [6.45, 7) is 10.9. The van der Waals surface area contributed by atoms with Gasteiger partial charge in [-0.2, -0.15) is 0 Å². The number of rotatable bonds is 10. The molecule has 0 aromatic carbocycles.